The molecule has 4 heterocycles. The summed E-state index contributed by atoms with van der Waals surface area (Å²) in [5, 5.41) is 7.66. The fourth-order valence-corrected chi connectivity index (χ4v) is 4.66. The number of hydrogen-bond donors (Lipinski definition) is 1. The molecule has 1 aromatic carbocycles. The Hall–Kier alpha value is -3.03. The van der Waals surface area contributed by atoms with Crippen molar-refractivity contribution < 1.29 is 19.1 Å². The third-order valence-electron chi connectivity index (χ3n) is 6.39. The molecule has 0 spiro atoms. The fourth-order valence-electron chi connectivity index (χ4n) is 4.66. The van der Waals surface area contributed by atoms with E-state index in [-0.39, 0.29) is 24.5 Å². The highest BCUT2D eigenvalue weighted by Gasteiger charge is 2.43. The molecular weight excluding hydrogens is 372 g/mol. The van der Waals surface area contributed by atoms with Crippen molar-refractivity contribution in [2.45, 2.75) is 38.3 Å². The van der Waals surface area contributed by atoms with Gasteiger partial charge in [0.2, 0.25) is 18.6 Å². The van der Waals surface area contributed by atoms with Crippen LogP contribution in [0.3, 0.4) is 0 Å². The maximum absolute atomic E-state index is 13.1. The zero-order valence-electron chi connectivity index (χ0n) is 16.0. The van der Waals surface area contributed by atoms with E-state index in [1.54, 1.807) is 0 Å². The topological polar surface area (TPSA) is 87.8 Å². The minimum absolute atomic E-state index is 0.0880. The van der Waals surface area contributed by atoms with Gasteiger partial charge in [-0.25, -0.2) is 0 Å². The smallest absolute Gasteiger partial charge is 0.231 e. The molecule has 8 heteroatoms. The zero-order valence-corrected chi connectivity index (χ0v) is 16.0. The van der Waals surface area contributed by atoms with E-state index in [2.05, 4.69) is 10.2 Å². The van der Waals surface area contributed by atoms with Gasteiger partial charge >= 0.3 is 0 Å². The summed E-state index contributed by atoms with van der Waals surface area (Å²) in [6.07, 6.45) is 3.24. The maximum atomic E-state index is 13.1. The molecule has 2 amide bonds. The summed E-state index contributed by atoms with van der Waals surface area (Å²) < 4.78 is 10.9. The Balaban J connectivity index is 1.23. The lowest BCUT2D eigenvalue weighted by Gasteiger charge is -2.29. The van der Waals surface area contributed by atoms with Crippen LogP contribution in [0.2, 0.25) is 0 Å². The Morgan fingerprint density at radius 3 is 2.93 bits per heavy atom. The number of nitrogens with zero attached hydrogens (tertiary/aromatic N) is 3. The van der Waals surface area contributed by atoms with Crippen LogP contribution in [-0.2, 0) is 22.6 Å². The lowest BCUT2D eigenvalue weighted by Crippen LogP contribution is -2.40. The van der Waals surface area contributed by atoms with E-state index in [1.165, 1.54) is 0 Å². The van der Waals surface area contributed by atoms with Crippen molar-refractivity contribution in [1.82, 2.24) is 20.0 Å². The van der Waals surface area contributed by atoms with Crippen molar-refractivity contribution in [2.24, 2.45) is 5.92 Å². The van der Waals surface area contributed by atoms with Crippen molar-refractivity contribution in [3.8, 4) is 22.8 Å². The number of aromatic nitrogens is 2. The summed E-state index contributed by atoms with van der Waals surface area (Å²) in [5.41, 5.74) is 3.91. The van der Waals surface area contributed by atoms with Gasteiger partial charge in [0.25, 0.3) is 0 Å². The summed E-state index contributed by atoms with van der Waals surface area (Å²) in [6.45, 7) is 1.98. The van der Waals surface area contributed by atoms with Crippen molar-refractivity contribution in [3.63, 3.8) is 0 Å². The van der Waals surface area contributed by atoms with Crippen LogP contribution in [0.5, 0.6) is 11.5 Å². The highest BCUT2D eigenvalue weighted by atomic mass is 16.7. The van der Waals surface area contributed by atoms with Gasteiger partial charge in [0, 0.05) is 55.3 Å². The first kappa shape index (κ1) is 16.9. The quantitative estimate of drug-likeness (QED) is 0.856. The van der Waals surface area contributed by atoms with Crippen LogP contribution in [0.25, 0.3) is 11.3 Å². The first-order chi connectivity index (χ1) is 14.2. The number of ether oxygens (including phenoxy) is 2. The molecule has 8 nitrogen and oxygen atoms in total. The molecule has 0 bridgehead atoms. The molecule has 1 aromatic heterocycles. The molecule has 1 N–H and O–H groups in total. The maximum Gasteiger partial charge on any atom is 0.231 e. The van der Waals surface area contributed by atoms with Gasteiger partial charge in [-0.2, -0.15) is 5.10 Å². The van der Waals surface area contributed by atoms with Gasteiger partial charge in [0.05, 0.1) is 11.6 Å². The molecule has 0 radical (unpaired) electrons. The second-order valence-corrected chi connectivity index (χ2v) is 8.29. The number of likely N-dealkylation sites (tertiary alicyclic amines) is 1. The summed E-state index contributed by atoms with van der Waals surface area (Å²) in [4.78, 5) is 29.2. The molecule has 0 unspecified atom stereocenters. The van der Waals surface area contributed by atoms with Crippen molar-refractivity contribution >= 4 is 11.8 Å². The van der Waals surface area contributed by atoms with Gasteiger partial charge in [-0.1, -0.05) is 0 Å². The molecule has 3 aliphatic heterocycles. The molecule has 1 atom stereocenters. The molecule has 1 aliphatic carbocycles. The Kier molecular flexibility index (Phi) is 3.63. The number of rotatable bonds is 3. The van der Waals surface area contributed by atoms with E-state index in [9.17, 15) is 9.59 Å². The Morgan fingerprint density at radius 1 is 1.21 bits per heavy atom. The van der Waals surface area contributed by atoms with Crippen LogP contribution in [0, 0.1) is 5.92 Å². The normalized spacial score (nSPS) is 22.9. The third-order valence-corrected chi connectivity index (χ3v) is 6.39. The monoisotopic (exact) mass is 394 g/mol. The number of benzene rings is 1. The number of nitrogens with one attached hydrogen (secondary N) is 1. The van der Waals surface area contributed by atoms with E-state index in [0.29, 0.717) is 37.8 Å². The van der Waals surface area contributed by atoms with Gasteiger partial charge in [-0.05, 0) is 31.0 Å². The van der Waals surface area contributed by atoms with Crippen molar-refractivity contribution in [3.05, 3.63) is 29.5 Å². The number of fused-ring (bicyclic) bond motifs is 2. The van der Waals surface area contributed by atoms with E-state index in [4.69, 9.17) is 9.47 Å². The van der Waals surface area contributed by atoms with Crippen molar-refractivity contribution in [1.29, 1.82) is 0 Å². The predicted octanol–water partition coefficient (Wildman–Crippen LogP) is 1.70. The first-order valence-corrected chi connectivity index (χ1v) is 10.2. The number of carbonyl (C=O) groups is 2. The molecule has 2 fully saturated rings. The van der Waals surface area contributed by atoms with Crippen LogP contribution >= 0.6 is 0 Å². The predicted molar refractivity (Wildman–Crippen MR) is 102 cm³/mol. The largest absolute Gasteiger partial charge is 0.454 e. The van der Waals surface area contributed by atoms with Crippen molar-refractivity contribution in [2.75, 3.05) is 19.9 Å². The van der Waals surface area contributed by atoms with E-state index < -0.39 is 0 Å². The molecule has 29 heavy (non-hydrogen) atoms. The summed E-state index contributed by atoms with van der Waals surface area (Å²) >= 11 is 0. The van der Waals surface area contributed by atoms with Gasteiger partial charge in [-0.15, -0.1) is 0 Å². The minimum Gasteiger partial charge on any atom is -0.454 e. The first-order valence-electron chi connectivity index (χ1n) is 10.2. The molecular formula is C21H22N4O4. The molecule has 1 saturated heterocycles. The second kappa shape index (κ2) is 6.23. The lowest BCUT2D eigenvalue weighted by molar-refractivity contribution is -0.136. The summed E-state index contributed by atoms with van der Waals surface area (Å²) in [7, 11) is 0. The number of carbonyl (C=O) groups excluding carboxylic acids is 2. The molecule has 150 valence electrons. The van der Waals surface area contributed by atoms with Crippen LogP contribution in [0.1, 0.15) is 30.5 Å². The SMILES string of the molecule is O=C([C@@H]1CC(=O)N(C2CC2)C1)N1CCc2[nH]nc(-c3ccc4c(c3)OCO4)c2C1. The van der Waals surface area contributed by atoms with Gasteiger partial charge < -0.3 is 19.3 Å². The highest BCUT2D eigenvalue weighted by Crippen LogP contribution is 2.38. The Labute approximate surface area is 167 Å². The standard InChI is InChI=1S/C21H22N4O4/c26-19-8-13(9-25(19)14-2-3-14)21(27)24-6-5-16-15(10-24)20(23-22-16)12-1-4-17-18(7-12)29-11-28-17/h1,4,7,13-14H,2-3,5-6,8-11H2,(H,22,23)/t13-/m1/s1. The second-order valence-electron chi connectivity index (χ2n) is 8.29. The number of hydrogen-bond acceptors (Lipinski definition) is 5. The highest BCUT2D eigenvalue weighted by molar-refractivity contribution is 5.90. The molecule has 4 aliphatic rings. The van der Waals surface area contributed by atoms with Gasteiger partial charge in [0.1, 0.15) is 0 Å². The average molecular weight is 394 g/mol. The van der Waals surface area contributed by atoms with Gasteiger partial charge in [-0.3, -0.25) is 14.7 Å². The third kappa shape index (κ3) is 2.77. The number of aromatic amines is 1. The molecule has 6 rings (SSSR count). The Morgan fingerprint density at radius 2 is 2.07 bits per heavy atom. The van der Waals surface area contributed by atoms with E-state index in [0.717, 1.165) is 47.5 Å². The van der Waals surface area contributed by atoms with Crippen LogP contribution in [0.4, 0.5) is 0 Å². The average Bonchev–Trinajstić information content (AvgIpc) is 3.14. The van der Waals surface area contributed by atoms with Crippen LogP contribution in [-0.4, -0.2) is 57.7 Å². The summed E-state index contributed by atoms with van der Waals surface area (Å²) in [6, 6.07) is 6.16. The minimum atomic E-state index is -0.217. The molecule has 1 saturated carbocycles. The zero-order chi connectivity index (χ0) is 19.5. The molecule has 2 aromatic rings. The van der Waals surface area contributed by atoms with E-state index in [1.807, 2.05) is 28.0 Å². The van der Waals surface area contributed by atoms with Gasteiger partial charge in [0.15, 0.2) is 11.5 Å². The van der Waals surface area contributed by atoms with Crippen LogP contribution in [0.15, 0.2) is 18.2 Å². The van der Waals surface area contributed by atoms with Crippen LogP contribution < -0.4 is 9.47 Å². The lowest BCUT2D eigenvalue weighted by atomic mass is 9.99. The number of amides is 2. The number of H-pyrrole nitrogens is 1. The van der Waals surface area contributed by atoms with E-state index >= 15 is 0 Å². The fraction of sp³-hybridized carbons (Fsp3) is 0.476. The Bertz CT molecular complexity index is 1010. The summed E-state index contributed by atoms with van der Waals surface area (Å²) in [5.74, 6) is 1.46.